The van der Waals surface area contributed by atoms with E-state index in [4.69, 9.17) is 0 Å². The quantitative estimate of drug-likeness (QED) is 0.116. The molecule has 2 nitrogen and oxygen atoms in total. The van der Waals surface area contributed by atoms with Gasteiger partial charge in [0.2, 0.25) is 0 Å². The topological polar surface area (TPSA) is 6.48 Å². The van der Waals surface area contributed by atoms with Gasteiger partial charge >= 0.3 is 364 Å². The molecule has 0 bridgehead atoms. The number of hydrogen-bond acceptors (Lipinski definition) is 2. The van der Waals surface area contributed by atoms with Crippen molar-refractivity contribution in [3.05, 3.63) is 230 Å². The molecule has 3 heteroatoms. The van der Waals surface area contributed by atoms with Crippen molar-refractivity contribution < 1.29 is 0 Å². The van der Waals surface area contributed by atoms with Gasteiger partial charge < -0.3 is 0 Å². The molecule has 1 aromatic heterocycles. The fourth-order valence-corrected chi connectivity index (χ4v) is 12.8. The Kier molecular flexibility index (Phi) is 8.57. The van der Waals surface area contributed by atoms with Crippen molar-refractivity contribution in [1.29, 1.82) is 0 Å². The summed E-state index contributed by atoms with van der Waals surface area (Å²) in [5.74, 6) is 0. The number of rotatable bonds is 7. The van der Waals surface area contributed by atoms with Crippen LogP contribution >= 0.6 is 0 Å². The predicted molar refractivity (Wildman–Crippen MR) is 266 cm³/mol. The van der Waals surface area contributed by atoms with Gasteiger partial charge in [0.05, 0.1) is 0 Å². The Morgan fingerprint density at radius 3 is 1.76 bits per heavy atom. The van der Waals surface area contributed by atoms with Crippen molar-refractivity contribution in [3.8, 4) is 22.3 Å². The molecular weight excluding hydrogens is 816 g/mol. The summed E-state index contributed by atoms with van der Waals surface area (Å²) in [6.07, 6.45) is 0. The predicted octanol–water partition coefficient (Wildman–Crippen LogP) is 16.3. The van der Waals surface area contributed by atoms with Gasteiger partial charge in [-0.15, -0.1) is 0 Å². The van der Waals surface area contributed by atoms with Gasteiger partial charge in [-0.1, -0.05) is 6.07 Å². The molecule has 11 aromatic rings. The summed E-state index contributed by atoms with van der Waals surface area (Å²) in [5, 5.41) is 7.82. The van der Waals surface area contributed by atoms with Crippen LogP contribution in [0.1, 0.15) is 25.0 Å². The second-order valence-electron chi connectivity index (χ2n) is 16.9. The molecule has 62 heavy (non-hydrogen) atoms. The maximum atomic E-state index is 2.49. The molecule has 0 saturated heterocycles. The van der Waals surface area contributed by atoms with Gasteiger partial charge in [-0.3, -0.25) is 0 Å². The molecule has 0 amide bonds. The van der Waals surface area contributed by atoms with Crippen LogP contribution in [-0.2, 0) is 5.41 Å². The van der Waals surface area contributed by atoms with Crippen LogP contribution in [0.4, 0.5) is 34.1 Å². The van der Waals surface area contributed by atoms with E-state index in [0.717, 1.165) is 34.1 Å². The van der Waals surface area contributed by atoms with Crippen LogP contribution < -0.4 is 9.80 Å². The average molecular weight is 858 g/mol. The maximum absolute atomic E-state index is 2.49. The van der Waals surface area contributed by atoms with Crippen molar-refractivity contribution in [1.82, 2.24) is 0 Å². The second-order valence-corrected chi connectivity index (χ2v) is 19.1. The molecule has 1 heterocycles. The van der Waals surface area contributed by atoms with E-state index in [1.807, 2.05) is 0 Å². The zero-order chi connectivity index (χ0) is 41.4. The van der Waals surface area contributed by atoms with Crippen LogP contribution in [0.5, 0.6) is 0 Å². The van der Waals surface area contributed by atoms with Crippen molar-refractivity contribution in [2.45, 2.75) is 19.3 Å². The first-order chi connectivity index (χ1) is 30.5. The number of para-hydroxylation sites is 3. The molecule has 0 atom stereocenters. The van der Waals surface area contributed by atoms with Crippen LogP contribution in [0.25, 0.3) is 63.1 Å². The first-order valence-corrected chi connectivity index (χ1v) is 23.1. The van der Waals surface area contributed by atoms with E-state index in [-0.39, 0.29) is 19.9 Å². The molecule has 0 N–H and O–H groups in total. The van der Waals surface area contributed by atoms with Gasteiger partial charge in [-0.25, -0.2) is 0 Å². The van der Waals surface area contributed by atoms with Crippen LogP contribution in [0.15, 0.2) is 218 Å². The summed E-state index contributed by atoms with van der Waals surface area (Å²) >= 11 is 0.161. The minimum atomic E-state index is -0.0842. The molecular formula is C59H42N2Se. The molecule has 1 aliphatic rings. The first kappa shape index (κ1) is 36.7. The van der Waals surface area contributed by atoms with E-state index in [1.54, 1.807) is 0 Å². The number of fused-ring (bicyclic) bond motifs is 10. The Morgan fingerprint density at radius 1 is 0.371 bits per heavy atom. The van der Waals surface area contributed by atoms with Crippen LogP contribution in [0.2, 0.25) is 0 Å². The van der Waals surface area contributed by atoms with Gasteiger partial charge in [0, 0.05) is 0 Å². The van der Waals surface area contributed by atoms with Crippen molar-refractivity contribution >= 4 is 89.5 Å². The number of anilines is 6. The number of nitrogens with zero attached hydrogens (tertiary/aromatic N) is 2. The standard InChI is InChI=1S/C59H42N2Se/c1-59(2)52-27-15-12-25-46(52)50-36-43(32-35-53(50)59)60(41-20-8-4-9-21-41)44-37-51-47(33-30-40-31-34-49-48-26-14-17-29-56(48)62-58(49)57(40)51)55(38-44)61(42-22-10-5-11-23-42)54-28-16-13-24-45(54)39-18-6-3-7-19-39/h3-38H,1-2H3. The molecule has 294 valence electrons. The molecule has 0 radical (unpaired) electrons. The Labute approximate surface area is 368 Å². The molecule has 0 fully saturated rings. The molecule has 0 unspecified atom stereocenters. The van der Waals surface area contributed by atoms with E-state index in [0.29, 0.717) is 0 Å². The summed E-state index contributed by atoms with van der Waals surface area (Å²) in [6, 6.07) is 80.9. The molecule has 0 spiro atoms. The SMILES string of the molecule is CC1(C)c2ccccc2-c2cc(N(c3ccccc3)c3cc(N(c4ccccc4)c4ccccc4-c4ccccc4)c4ccc5ccc6c7ccccc7[se]c6c5c4c3)ccc21. The Morgan fingerprint density at radius 2 is 0.984 bits per heavy atom. The monoisotopic (exact) mass is 858 g/mol. The van der Waals surface area contributed by atoms with Crippen molar-refractivity contribution in [2.75, 3.05) is 9.80 Å². The Bertz CT molecular complexity index is 3500. The number of hydrogen-bond donors (Lipinski definition) is 0. The van der Waals surface area contributed by atoms with E-state index in [1.165, 1.54) is 74.2 Å². The average Bonchev–Trinajstić information content (AvgIpc) is 3.82. The minimum absolute atomic E-state index is 0.0842. The molecule has 0 aliphatic heterocycles. The third kappa shape index (κ3) is 5.77. The zero-order valence-electron chi connectivity index (χ0n) is 34.6. The van der Waals surface area contributed by atoms with E-state index in [9.17, 15) is 0 Å². The fraction of sp³-hybridized carbons (Fsp3) is 0.0508. The van der Waals surface area contributed by atoms with Gasteiger partial charge in [0.25, 0.3) is 0 Å². The summed E-state index contributed by atoms with van der Waals surface area (Å²) in [4.78, 5) is 4.97. The summed E-state index contributed by atoms with van der Waals surface area (Å²) in [5.41, 5.74) is 14.3. The second kappa shape index (κ2) is 14.5. The third-order valence-corrected chi connectivity index (χ3v) is 15.5. The van der Waals surface area contributed by atoms with Gasteiger partial charge in [-0.05, 0) is 0 Å². The van der Waals surface area contributed by atoms with Crippen molar-refractivity contribution in [3.63, 3.8) is 0 Å². The van der Waals surface area contributed by atoms with Gasteiger partial charge in [0.1, 0.15) is 0 Å². The summed E-state index contributed by atoms with van der Waals surface area (Å²) in [7, 11) is 0. The van der Waals surface area contributed by atoms with E-state index >= 15 is 0 Å². The molecule has 10 aromatic carbocycles. The normalized spacial score (nSPS) is 12.8. The zero-order valence-corrected chi connectivity index (χ0v) is 36.3. The summed E-state index contributed by atoms with van der Waals surface area (Å²) in [6.45, 7) is 4.72. The fourth-order valence-electron chi connectivity index (χ4n) is 10.1. The van der Waals surface area contributed by atoms with Crippen LogP contribution in [0, 0.1) is 0 Å². The number of benzene rings is 10. The van der Waals surface area contributed by atoms with Crippen LogP contribution in [-0.4, -0.2) is 14.5 Å². The molecule has 12 rings (SSSR count). The molecule has 1 aliphatic carbocycles. The first-order valence-electron chi connectivity index (χ1n) is 21.4. The molecule has 0 saturated carbocycles. The van der Waals surface area contributed by atoms with E-state index < -0.39 is 0 Å². The van der Waals surface area contributed by atoms with Crippen molar-refractivity contribution in [2.24, 2.45) is 0 Å². The summed E-state index contributed by atoms with van der Waals surface area (Å²) < 4.78 is 2.91. The van der Waals surface area contributed by atoms with Gasteiger partial charge in [0.15, 0.2) is 0 Å². The van der Waals surface area contributed by atoms with Crippen LogP contribution in [0.3, 0.4) is 0 Å². The Balaban J connectivity index is 1.21. The third-order valence-electron chi connectivity index (χ3n) is 13.0. The Hall–Kier alpha value is -7.16. The van der Waals surface area contributed by atoms with E-state index in [2.05, 4.69) is 242 Å². The van der Waals surface area contributed by atoms with Gasteiger partial charge in [-0.2, -0.15) is 0 Å².